The van der Waals surface area contributed by atoms with E-state index < -0.39 is 5.91 Å². The minimum atomic E-state index is -0.468. The van der Waals surface area contributed by atoms with Crippen LogP contribution in [0, 0.1) is 11.8 Å². The maximum atomic E-state index is 12.5. The molecule has 0 aliphatic heterocycles. The summed E-state index contributed by atoms with van der Waals surface area (Å²) in [5, 5.41) is 0. The minimum absolute atomic E-state index is 0.00500. The molecular formula is C13H25N3O2. The molecule has 0 radical (unpaired) electrons. The second-order valence-corrected chi connectivity index (χ2v) is 5.68. The first-order valence-corrected chi connectivity index (χ1v) is 6.67. The van der Waals surface area contributed by atoms with E-state index in [2.05, 4.69) is 6.92 Å². The fraction of sp³-hybridized carbons (Fsp3) is 0.846. The summed E-state index contributed by atoms with van der Waals surface area (Å²) in [6, 6.07) is 0.0769. The molecule has 0 bridgehead atoms. The Kier molecular flexibility index (Phi) is 5.14. The molecule has 2 amide bonds. The zero-order valence-electron chi connectivity index (χ0n) is 11.6. The molecule has 18 heavy (non-hydrogen) atoms. The Balaban J connectivity index is 2.77. The average Bonchev–Trinajstić information content (AvgIpc) is 2.27. The molecule has 0 spiro atoms. The molecule has 4 N–H and O–H groups in total. The Morgan fingerprint density at radius 1 is 1.33 bits per heavy atom. The third-order valence-corrected chi connectivity index (χ3v) is 3.79. The topological polar surface area (TPSA) is 89.4 Å². The molecule has 0 aromatic rings. The van der Waals surface area contributed by atoms with Crippen LogP contribution in [-0.2, 0) is 9.59 Å². The summed E-state index contributed by atoms with van der Waals surface area (Å²) in [5.74, 6) is -0.196. The predicted molar refractivity (Wildman–Crippen MR) is 70.5 cm³/mol. The summed E-state index contributed by atoms with van der Waals surface area (Å²) < 4.78 is 0. The highest BCUT2D eigenvalue weighted by atomic mass is 16.2. The van der Waals surface area contributed by atoms with Crippen LogP contribution in [0.2, 0.25) is 0 Å². The van der Waals surface area contributed by atoms with Crippen molar-refractivity contribution in [3.05, 3.63) is 0 Å². The van der Waals surface area contributed by atoms with Crippen molar-refractivity contribution < 1.29 is 9.59 Å². The first-order valence-electron chi connectivity index (χ1n) is 6.67. The molecule has 0 aromatic heterocycles. The smallest absolute Gasteiger partial charge is 0.237 e. The van der Waals surface area contributed by atoms with Crippen LogP contribution in [-0.4, -0.2) is 35.3 Å². The Morgan fingerprint density at radius 2 is 1.94 bits per heavy atom. The largest absolute Gasteiger partial charge is 0.368 e. The molecular weight excluding hydrogens is 230 g/mol. The van der Waals surface area contributed by atoms with Crippen LogP contribution in [0.25, 0.3) is 0 Å². The summed E-state index contributed by atoms with van der Waals surface area (Å²) in [6.45, 7) is 5.87. The number of carbonyl (C=O) groups excluding carboxylic acids is 2. The van der Waals surface area contributed by atoms with Gasteiger partial charge in [0.15, 0.2) is 0 Å². The molecule has 1 aliphatic rings. The van der Waals surface area contributed by atoms with Crippen molar-refractivity contribution in [3.63, 3.8) is 0 Å². The predicted octanol–water partition coefficient (Wildman–Crippen LogP) is 0.472. The maximum absolute atomic E-state index is 12.5. The van der Waals surface area contributed by atoms with Crippen molar-refractivity contribution in [2.45, 2.75) is 52.1 Å². The lowest BCUT2D eigenvalue weighted by Gasteiger charge is -2.36. The van der Waals surface area contributed by atoms with Gasteiger partial charge in [0.05, 0.1) is 6.54 Å². The highest BCUT2D eigenvalue weighted by Gasteiger charge is 2.35. The number of nitrogens with zero attached hydrogens (tertiary/aromatic N) is 1. The molecule has 1 rings (SSSR count). The average molecular weight is 255 g/mol. The molecule has 0 saturated heterocycles. The quantitative estimate of drug-likeness (QED) is 0.765. The summed E-state index contributed by atoms with van der Waals surface area (Å²) in [4.78, 5) is 25.1. The fourth-order valence-electron chi connectivity index (χ4n) is 2.59. The van der Waals surface area contributed by atoms with Gasteiger partial charge in [0.1, 0.15) is 0 Å². The van der Waals surface area contributed by atoms with Gasteiger partial charge in [-0.15, -0.1) is 0 Å². The molecule has 1 saturated carbocycles. The highest BCUT2D eigenvalue weighted by Crippen LogP contribution is 2.30. The zero-order chi connectivity index (χ0) is 13.9. The van der Waals surface area contributed by atoms with E-state index in [-0.39, 0.29) is 30.5 Å². The van der Waals surface area contributed by atoms with E-state index in [4.69, 9.17) is 11.5 Å². The van der Waals surface area contributed by atoms with Crippen LogP contribution in [0.5, 0.6) is 0 Å². The van der Waals surface area contributed by atoms with E-state index in [0.717, 1.165) is 12.8 Å². The fourth-order valence-corrected chi connectivity index (χ4v) is 2.59. The Bertz CT molecular complexity index is 317. The van der Waals surface area contributed by atoms with Gasteiger partial charge in [-0.3, -0.25) is 9.59 Å². The molecule has 3 atom stereocenters. The lowest BCUT2D eigenvalue weighted by molar-refractivity contribution is -0.143. The van der Waals surface area contributed by atoms with Crippen molar-refractivity contribution in [1.29, 1.82) is 0 Å². The van der Waals surface area contributed by atoms with Crippen LogP contribution in [0.4, 0.5) is 0 Å². The van der Waals surface area contributed by atoms with Gasteiger partial charge in [-0.2, -0.15) is 0 Å². The second-order valence-electron chi connectivity index (χ2n) is 5.68. The number of nitrogens with two attached hydrogens (primary N) is 2. The normalized spacial score (nSPS) is 28.2. The summed E-state index contributed by atoms with van der Waals surface area (Å²) in [7, 11) is 0. The molecule has 104 valence electrons. The molecule has 5 nitrogen and oxygen atoms in total. The number of hydrogen-bond acceptors (Lipinski definition) is 3. The summed E-state index contributed by atoms with van der Waals surface area (Å²) in [6.07, 6.45) is 2.66. The van der Waals surface area contributed by atoms with E-state index in [0.29, 0.717) is 12.3 Å². The first kappa shape index (κ1) is 15.0. The Hall–Kier alpha value is -1.10. The van der Waals surface area contributed by atoms with E-state index in [9.17, 15) is 9.59 Å². The van der Waals surface area contributed by atoms with Crippen LogP contribution >= 0.6 is 0 Å². The van der Waals surface area contributed by atoms with Gasteiger partial charge in [-0.1, -0.05) is 6.92 Å². The van der Waals surface area contributed by atoms with Gasteiger partial charge in [0, 0.05) is 18.0 Å². The molecule has 3 unspecified atom stereocenters. The molecule has 5 heteroatoms. The summed E-state index contributed by atoms with van der Waals surface area (Å²) in [5.41, 5.74) is 11.1. The standard InChI is InChI=1S/C13H25N3O2/c1-8(2)16(7-12(15)17)13(18)11-6-10(14)5-4-9(11)3/h8-11H,4-7,14H2,1-3H3,(H2,15,17). The number of primary amides is 1. The summed E-state index contributed by atoms with van der Waals surface area (Å²) >= 11 is 0. The monoisotopic (exact) mass is 255 g/mol. The van der Waals surface area contributed by atoms with Crippen molar-refractivity contribution in [1.82, 2.24) is 4.90 Å². The van der Waals surface area contributed by atoms with Crippen LogP contribution in [0.15, 0.2) is 0 Å². The second kappa shape index (κ2) is 6.18. The number of amides is 2. The van der Waals surface area contributed by atoms with E-state index in [1.807, 2.05) is 13.8 Å². The van der Waals surface area contributed by atoms with Crippen molar-refractivity contribution >= 4 is 11.8 Å². The van der Waals surface area contributed by atoms with Gasteiger partial charge in [0.25, 0.3) is 0 Å². The minimum Gasteiger partial charge on any atom is -0.368 e. The van der Waals surface area contributed by atoms with E-state index >= 15 is 0 Å². The molecule has 0 heterocycles. The van der Waals surface area contributed by atoms with Crippen molar-refractivity contribution in [3.8, 4) is 0 Å². The van der Waals surface area contributed by atoms with Gasteiger partial charge >= 0.3 is 0 Å². The van der Waals surface area contributed by atoms with Gasteiger partial charge < -0.3 is 16.4 Å². The van der Waals surface area contributed by atoms with Crippen LogP contribution < -0.4 is 11.5 Å². The van der Waals surface area contributed by atoms with Crippen LogP contribution in [0.1, 0.15) is 40.0 Å². The third kappa shape index (κ3) is 3.70. The number of rotatable bonds is 4. The van der Waals surface area contributed by atoms with E-state index in [1.54, 1.807) is 4.90 Å². The first-order chi connectivity index (χ1) is 8.32. The van der Waals surface area contributed by atoms with Crippen molar-refractivity contribution in [2.24, 2.45) is 23.3 Å². The molecule has 0 aromatic carbocycles. The lowest BCUT2D eigenvalue weighted by Crippen LogP contribution is -2.49. The van der Waals surface area contributed by atoms with Gasteiger partial charge in [0.2, 0.25) is 11.8 Å². The van der Waals surface area contributed by atoms with Crippen molar-refractivity contribution in [2.75, 3.05) is 6.54 Å². The van der Waals surface area contributed by atoms with Gasteiger partial charge in [-0.05, 0) is 39.0 Å². The SMILES string of the molecule is CC1CCC(N)CC1C(=O)N(CC(N)=O)C(C)C. The highest BCUT2D eigenvalue weighted by molar-refractivity contribution is 5.85. The lowest BCUT2D eigenvalue weighted by atomic mass is 9.77. The van der Waals surface area contributed by atoms with E-state index in [1.165, 1.54) is 0 Å². The Labute approximate surface area is 109 Å². The third-order valence-electron chi connectivity index (χ3n) is 3.79. The van der Waals surface area contributed by atoms with Crippen LogP contribution in [0.3, 0.4) is 0 Å². The molecule has 1 aliphatic carbocycles. The number of hydrogen-bond donors (Lipinski definition) is 2. The Morgan fingerprint density at radius 3 is 2.44 bits per heavy atom. The molecule has 1 fully saturated rings. The zero-order valence-corrected chi connectivity index (χ0v) is 11.6. The van der Waals surface area contributed by atoms with Gasteiger partial charge in [-0.25, -0.2) is 0 Å². The number of carbonyl (C=O) groups is 2. The maximum Gasteiger partial charge on any atom is 0.237 e.